The first-order valence-electron chi connectivity index (χ1n) is 10.5. The van der Waals surface area contributed by atoms with E-state index >= 15 is 0 Å². The zero-order chi connectivity index (χ0) is 22.1. The molecule has 1 aromatic heterocycles. The van der Waals surface area contributed by atoms with Gasteiger partial charge in [0.2, 0.25) is 0 Å². The number of aliphatic imine (C=N–C) groups is 1. The van der Waals surface area contributed by atoms with Crippen molar-refractivity contribution >= 4 is 18.1 Å². The highest BCUT2D eigenvalue weighted by atomic mass is 19.1. The number of hydrogen-bond acceptors (Lipinski definition) is 6. The van der Waals surface area contributed by atoms with Crippen molar-refractivity contribution < 1.29 is 18.5 Å². The summed E-state index contributed by atoms with van der Waals surface area (Å²) in [6.07, 6.45) is 6.94. The van der Waals surface area contributed by atoms with Crippen LogP contribution in [-0.2, 0) is 22.8 Å². The van der Waals surface area contributed by atoms with Crippen LogP contribution in [0.5, 0.6) is 0 Å². The number of aromatic nitrogens is 1. The Labute approximate surface area is 181 Å². The minimum Gasteiger partial charge on any atom is -0.395 e. The monoisotopic (exact) mass is 430 g/mol. The van der Waals surface area contributed by atoms with E-state index < -0.39 is 13.3 Å². The molecule has 0 saturated heterocycles. The highest BCUT2D eigenvalue weighted by Gasteiger charge is 2.21. The molecule has 8 heteroatoms. The lowest BCUT2D eigenvalue weighted by molar-refractivity contribution is 0.0894. The Morgan fingerprint density at radius 3 is 2.45 bits per heavy atom. The molecule has 1 heterocycles. The molecule has 3 rings (SSSR count). The van der Waals surface area contributed by atoms with E-state index in [-0.39, 0.29) is 0 Å². The van der Waals surface area contributed by atoms with E-state index in [0.29, 0.717) is 48.6 Å². The third-order valence-corrected chi connectivity index (χ3v) is 5.38. The van der Waals surface area contributed by atoms with E-state index in [9.17, 15) is 8.78 Å². The first-order chi connectivity index (χ1) is 15.2. The summed E-state index contributed by atoms with van der Waals surface area (Å²) < 4.78 is 26.1. The summed E-state index contributed by atoms with van der Waals surface area (Å²) in [5.41, 5.74) is 5.53. The molecule has 0 bridgehead atoms. The van der Waals surface area contributed by atoms with Gasteiger partial charge in [-0.15, -0.1) is 0 Å². The molecule has 0 fully saturated rings. The average Bonchev–Trinajstić information content (AvgIpc) is 2.82. The van der Waals surface area contributed by atoms with Gasteiger partial charge in [0, 0.05) is 12.6 Å². The molecule has 0 unspecified atom stereocenters. The molecule has 2 aliphatic rings. The van der Waals surface area contributed by atoms with Gasteiger partial charge in [-0.1, -0.05) is 16.9 Å². The first kappa shape index (κ1) is 22.8. The molecule has 0 aliphatic heterocycles. The Hall–Kier alpha value is -2.90. The second-order valence-corrected chi connectivity index (χ2v) is 7.46. The maximum Gasteiger partial charge on any atom is 0.120 e. The summed E-state index contributed by atoms with van der Waals surface area (Å²) in [6, 6.07) is 1.71. The fraction of sp³-hybridized carbons (Fsp3) is 0.478. The van der Waals surface area contributed by atoms with Gasteiger partial charge in [0.25, 0.3) is 0 Å². The molecule has 0 N–H and O–H groups in total. The minimum absolute atomic E-state index is 0.346. The van der Waals surface area contributed by atoms with E-state index in [0.717, 1.165) is 54.6 Å². The molecule has 0 amide bonds. The molecular weight excluding hydrogens is 402 g/mol. The van der Waals surface area contributed by atoms with Gasteiger partial charge in [-0.2, -0.15) is 0 Å². The lowest BCUT2D eigenvalue weighted by atomic mass is 9.91. The number of oxime groups is 2. The highest BCUT2D eigenvalue weighted by Crippen LogP contribution is 2.29. The van der Waals surface area contributed by atoms with Gasteiger partial charge in [-0.3, -0.25) is 9.98 Å². The van der Waals surface area contributed by atoms with E-state index in [1.165, 1.54) is 0 Å². The molecule has 2 aliphatic carbocycles. The number of allylic oxidation sites excluding steroid dienone is 3. The van der Waals surface area contributed by atoms with Crippen molar-refractivity contribution in [2.24, 2.45) is 15.3 Å². The predicted molar refractivity (Wildman–Crippen MR) is 118 cm³/mol. The summed E-state index contributed by atoms with van der Waals surface area (Å²) >= 11 is 0. The molecule has 0 atom stereocenters. The Balaban J connectivity index is 1.49. The van der Waals surface area contributed by atoms with E-state index in [2.05, 4.69) is 33.6 Å². The fourth-order valence-corrected chi connectivity index (χ4v) is 3.80. The van der Waals surface area contributed by atoms with Crippen molar-refractivity contribution in [2.75, 3.05) is 19.9 Å². The van der Waals surface area contributed by atoms with Crippen LogP contribution in [0, 0.1) is 0 Å². The molecule has 0 aromatic carbocycles. The first-order valence-corrected chi connectivity index (χ1v) is 10.5. The summed E-state index contributed by atoms with van der Waals surface area (Å²) in [4.78, 5) is 19.2. The maximum atomic E-state index is 13.2. The Kier molecular flexibility index (Phi) is 8.44. The van der Waals surface area contributed by atoms with Crippen molar-refractivity contribution in [3.05, 3.63) is 52.5 Å². The van der Waals surface area contributed by atoms with Gasteiger partial charge in [0.1, 0.15) is 38.0 Å². The van der Waals surface area contributed by atoms with Crippen LogP contribution in [-0.4, -0.2) is 43.0 Å². The lowest BCUT2D eigenvalue weighted by Crippen LogP contribution is -2.16. The molecule has 0 spiro atoms. The van der Waals surface area contributed by atoms with Gasteiger partial charge in [0.15, 0.2) is 0 Å². The number of halogens is 2. The maximum absolute atomic E-state index is 13.2. The topological polar surface area (TPSA) is 68.4 Å². The second kappa shape index (κ2) is 11.5. The second-order valence-electron chi connectivity index (χ2n) is 7.46. The summed E-state index contributed by atoms with van der Waals surface area (Å²) in [5, 5.41) is 8.38. The van der Waals surface area contributed by atoms with E-state index in [1.807, 2.05) is 0 Å². The average molecular weight is 430 g/mol. The quantitative estimate of drug-likeness (QED) is 0.297. The molecule has 1 aromatic rings. The number of pyridine rings is 1. The summed E-state index contributed by atoms with van der Waals surface area (Å²) in [7, 11) is 0. The van der Waals surface area contributed by atoms with Gasteiger partial charge < -0.3 is 9.68 Å². The highest BCUT2D eigenvalue weighted by molar-refractivity contribution is 6.02. The third-order valence-electron chi connectivity index (χ3n) is 5.38. The van der Waals surface area contributed by atoms with E-state index in [4.69, 9.17) is 9.68 Å². The van der Waals surface area contributed by atoms with Crippen molar-refractivity contribution in [1.82, 2.24) is 4.98 Å². The predicted octanol–water partition coefficient (Wildman–Crippen LogP) is 5.04. The van der Waals surface area contributed by atoms with Gasteiger partial charge in [0.05, 0.1) is 11.4 Å². The van der Waals surface area contributed by atoms with Crippen LogP contribution in [0.25, 0.3) is 0 Å². The normalized spacial score (nSPS) is 18.8. The van der Waals surface area contributed by atoms with Gasteiger partial charge >= 0.3 is 0 Å². The third kappa shape index (κ3) is 5.62. The molecule has 0 saturated carbocycles. The molecule has 6 nitrogen and oxygen atoms in total. The van der Waals surface area contributed by atoms with Crippen LogP contribution in [0.4, 0.5) is 8.78 Å². The van der Waals surface area contributed by atoms with Crippen LogP contribution in [0.3, 0.4) is 0 Å². The van der Waals surface area contributed by atoms with Crippen molar-refractivity contribution in [3.63, 3.8) is 0 Å². The van der Waals surface area contributed by atoms with Crippen LogP contribution < -0.4 is 0 Å². The van der Waals surface area contributed by atoms with Crippen molar-refractivity contribution in [1.29, 1.82) is 0 Å². The van der Waals surface area contributed by atoms with Crippen molar-refractivity contribution in [2.45, 2.75) is 51.6 Å². The minimum atomic E-state index is -0.614. The van der Waals surface area contributed by atoms with Crippen molar-refractivity contribution in [3.8, 4) is 0 Å². The summed E-state index contributed by atoms with van der Waals surface area (Å²) in [6.45, 7) is 6.92. The molecule has 31 heavy (non-hydrogen) atoms. The van der Waals surface area contributed by atoms with Crippen LogP contribution >= 0.6 is 0 Å². The number of alkyl halides is 2. The zero-order valence-corrected chi connectivity index (χ0v) is 17.7. The Morgan fingerprint density at radius 1 is 1.03 bits per heavy atom. The van der Waals surface area contributed by atoms with Gasteiger partial charge in [-0.05, 0) is 73.6 Å². The molecule has 166 valence electrons. The zero-order valence-electron chi connectivity index (χ0n) is 17.7. The Bertz CT molecular complexity index is 909. The van der Waals surface area contributed by atoms with Gasteiger partial charge in [-0.25, -0.2) is 8.78 Å². The fourth-order valence-electron chi connectivity index (χ4n) is 3.80. The summed E-state index contributed by atoms with van der Waals surface area (Å²) in [5.74, 6) is 0. The van der Waals surface area contributed by atoms with Crippen LogP contribution in [0.1, 0.15) is 55.3 Å². The lowest BCUT2D eigenvalue weighted by Gasteiger charge is -2.19. The number of nitrogens with zero attached hydrogens (tertiary/aromatic N) is 4. The number of rotatable bonds is 10. The Morgan fingerprint density at radius 2 is 1.74 bits per heavy atom. The smallest absolute Gasteiger partial charge is 0.120 e. The van der Waals surface area contributed by atoms with E-state index in [1.54, 1.807) is 12.3 Å². The molecular formula is C23H28F2N4O2. The van der Waals surface area contributed by atoms with Crippen LogP contribution in [0.15, 0.2) is 51.0 Å². The van der Waals surface area contributed by atoms with Crippen LogP contribution in [0.2, 0.25) is 0 Å². The SMILES string of the molecule is C=NC1=C(C(=C)CF)CCC/C1=N\OCCCO/N=C1\CCCc2c(CF)ccnc21. The standard InChI is InChI=1S/C23H28F2N4O2/c1-16(14-24)18-6-3-8-20(22(18)26-2)28-30-12-5-13-31-29-21-9-4-7-19-17(15-25)10-11-27-23(19)21/h10-11H,1-9,12-15H2/b28-20+,29-21+. The molecule has 0 radical (unpaired) electrons. The number of hydrogen-bond donors (Lipinski definition) is 0. The largest absolute Gasteiger partial charge is 0.395 e. The number of fused-ring (bicyclic) bond motifs is 1.